The minimum Gasteiger partial charge on any atom is -0.326 e. The molecule has 0 aliphatic rings. The summed E-state index contributed by atoms with van der Waals surface area (Å²) in [6, 6.07) is 11.8. The van der Waals surface area contributed by atoms with Gasteiger partial charge in [0.05, 0.1) is 0 Å². The highest BCUT2D eigenvalue weighted by Gasteiger charge is 1.98. The Hall–Kier alpha value is -1.38. The largest absolute Gasteiger partial charge is 0.326 e. The predicted molar refractivity (Wildman–Crippen MR) is 62.6 cm³/mol. The summed E-state index contributed by atoms with van der Waals surface area (Å²) >= 11 is 5.73. The highest BCUT2D eigenvalue weighted by molar-refractivity contribution is 6.29. The van der Waals surface area contributed by atoms with Gasteiger partial charge in [-0.05, 0) is 29.3 Å². The topological polar surface area (TPSA) is 38.9 Å². The molecule has 0 atom stereocenters. The molecule has 2 aromatic rings. The summed E-state index contributed by atoms with van der Waals surface area (Å²) in [7, 11) is 0. The number of halogens is 1. The number of aromatic nitrogens is 1. The van der Waals surface area contributed by atoms with Crippen LogP contribution in [0, 0.1) is 0 Å². The van der Waals surface area contributed by atoms with Crippen LogP contribution < -0.4 is 5.73 Å². The van der Waals surface area contributed by atoms with Gasteiger partial charge in [-0.1, -0.05) is 29.8 Å². The normalized spacial score (nSPS) is 10.3. The summed E-state index contributed by atoms with van der Waals surface area (Å²) in [6.45, 7) is 0.550. The van der Waals surface area contributed by atoms with E-state index in [4.69, 9.17) is 17.3 Å². The Kier molecular flexibility index (Phi) is 2.99. The number of hydrogen-bond donors (Lipinski definition) is 1. The van der Waals surface area contributed by atoms with Crippen molar-refractivity contribution >= 4 is 11.6 Å². The molecule has 3 heteroatoms. The Bertz CT molecular complexity index is 451. The zero-order chi connectivity index (χ0) is 10.7. The van der Waals surface area contributed by atoms with E-state index in [1.807, 2.05) is 24.3 Å². The van der Waals surface area contributed by atoms with E-state index in [1.165, 1.54) is 0 Å². The zero-order valence-corrected chi connectivity index (χ0v) is 8.91. The summed E-state index contributed by atoms with van der Waals surface area (Å²) in [4.78, 5) is 4.05. The smallest absolute Gasteiger partial charge is 0.129 e. The van der Waals surface area contributed by atoms with Gasteiger partial charge < -0.3 is 5.73 Å². The maximum absolute atomic E-state index is 5.73. The SMILES string of the molecule is NCc1cccc(-c2ccc(Cl)nc2)c1. The Balaban J connectivity index is 2.40. The van der Waals surface area contributed by atoms with Crippen LogP contribution in [0.5, 0.6) is 0 Å². The molecule has 0 bridgehead atoms. The van der Waals surface area contributed by atoms with Crippen molar-refractivity contribution in [3.8, 4) is 11.1 Å². The van der Waals surface area contributed by atoms with E-state index in [2.05, 4.69) is 11.1 Å². The molecule has 0 unspecified atom stereocenters. The van der Waals surface area contributed by atoms with Crippen molar-refractivity contribution in [1.29, 1.82) is 0 Å². The summed E-state index contributed by atoms with van der Waals surface area (Å²) in [5.41, 5.74) is 8.86. The monoisotopic (exact) mass is 218 g/mol. The van der Waals surface area contributed by atoms with E-state index >= 15 is 0 Å². The third-order valence-corrected chi connectivity index (χ3v) is 2.45. The highest BCUT2D eigenvalue weighted by atomic mass is 35.5. The molecule has 1 heterocycles. The first kappa shape index (κ1) is 10.1. The number of nitrogens with zero attached hydrogens (tertiary/aromatic N) is 1. The first-order valence-electron chi connectivity index (χ1n) is 4.70. The second kappa shape index (κ2) is 4.43. The van der Waals surface area contributed by atoms with Crippen molar-refractivity contribution in [2.24, 2.45) is 5.73 Å². The fourth-order valence-electron chi connectivity index (χ4n) is 1.42. The molecule has 0 saturated carbocycles. The number of benzene rings is 1. The molecule has 1 aromatic carbocycles. The average molecular weight is 219 g/mol. The van der Waals surface area contributed by atoms with Gasteiger partial charge in [-0.2, -0.15) is 0 Å². The van der Waals surface area contributed by atoms with Gasteiger partial charge in [0.1, 0.15) is 5.15 Å². The molecular weight excluding hydrogens is 208 g/mol. The van der Waals surface area contributed by atoms with Crippen LogP contribution in [-0.4, -0.2) is 4.98 Å². The fourth-order valence-corrected chi connectivity index (χ4v) is 1.54. The molecule has 0 radical (unpaired) electrons. The average Bonchev–Trinajstić information content (AvgIpc) is 2.30. The molecule has 1 aromatic heterocycles. The van der Waals surface area contributed by atoms with E-state index < -0.39 is 0 Å². The molecule has 76 valence electrons. The second-order valence-electron chi connectivity index (χ2n) is 3.27. The summed E-state index contributed by atoms with van der Waals surface area (Å²) < 4.78 is 0. The highest BCUT2D eigenvalue weighted by Crippen LogP contribution is 2.20. The third-order valence-electron chi connectivity index (χ3n) is 2.22. The molecule has 0 aliphatic heterocycles. The van der Waals surface area contributed by atoms with Gasteiger partial charge in [0.25, 0.3) is 0 Å². The van der Waals surface area contributed by atoms with E-state index in [9.17, 15) is 0 Å². The molecule has 0 aliphatic carbocycles. The van der Waals surface area contributed by atoms with Crippen molar-refractivity contribution in [2.45, 2.75) is 6.54 Å². The Morgan fingerprint density at radius 3 is 2.67 bits per heavy atom. The maximum atomic E-state index is 5.73. The molecule has 0 spiro atoms. The Labute approximate surface area is 93.7 Å². The summed E-state index contributed by atoms with van der Waals surface area (Å²) in [6.07, 6.45) is 1.76. The zero-order valence-electron chi connectivity index (χ0n) is 8.15. The van der Waals surface area contributed by atoms with Crippen molar-refractivity contribution < 1.29 is 0 Å². The minimum atomic E-state index is 0.508. The molecule has 2 rings (SSSR count). The van der Waals surface area contributed by atoms with E-state index in [1.54, 1.807) is 12.3 Å². The van der Waals surface area contributed by atoms with Gasteiger partial charge >= 0.3 is 0 Å². The number of rotatable bonds is 2. The van der Waals surface area contributed by atoms with Crippen molar-refractivity contribution in [3.63, 3.8) is 0 Å². The van der Waals surface area contributed by atoms with Crippen LogP contribution in [0.4, 0.5) is 0 Å². The first-order valence-corrected chi connectivity index (χ1v) is 5.08. The Morgan fingerprint density at radius 2 is 2.00 bits per heavy atom. The molecule has 0 amide bonds. The number of hydrogen-bond acceptors (Lipinski definition) is 2. The first-order chi connectivity index (χ1) is 7.29. The van der Waals surface area contributed by atoms with E-state index in [-0.39, 0.29) is 0 Å². The van der Waals surface area contributed by atoms with Gasteiger partial charge in [0.2, 0.25) is 0 Å². The van der Waals surface area contributed by atoms with Gasteiger partial charge in [-0.3, -0.25) is 0 Å². The molecular formula is C12H11ClN2. The summed E-state index contributed by atoms with van der Waals surface area (Å²) in [5.74, 6) is 0. The lowest BCUT2D eigenvalue weighted by Crippen LogP contribution is -1.95. The lowest BCUT2D eigenvalue weighted by Gasteiger charge is -2.03. The standard InChI is InChI=1S/C12H11ClN2/c13-12-5-4-11(8-15-12)10-3-1-2-9(6-10)7-14/h1-6,8H,7,14H2. The van der Waals surface area contributed by atoms with Crippen LogP contribution in [0.1, 0.15) is 5.56 Å². The second-order valence-corrected chi connectivity index (χ2v) is 3.66. The molecule has 2 N–H and O–H groups in total. The quantitative estimate of drug-likeness (QED) is 0.788. The lowest BCUT2D eigenvalue weighted by molar-refractivity contribution is 1.07. The Morgan fingerprint density at radius 1 is 1.13 bits per heavy atom. The molecule has 0 fully saturated rings. The van der Waals surface area contributed by atoms with Gasteiger partial charge in [0, 0.05) is 18.3 Å². The number of nitrogens with two attached hydrogens (primary N) is 1. The maximum Gasteiger partial charge on any atom is 0.129 e. The van der Waals surface area contributed by atoms with Crippen LogP contribution >= 0.6 is 11.6 Å². The van der Waals surface area contributed by atoms with Gasteiger partial charge in [-0.15, -0.1) is 0 Å². The molecule has 0 saturated heterocycles. The van der Waals surface area contributed by atoms with Crippen molar-refractivity contribution in [2.75, 3.05) is 0 Å². The molecule has 2 nitrogen and oxygen atoms in total. The van der Waals surface area contributed by atoms with Gasteiger partial charge in [0.15, 0.2) is 0 Å². The third kappa shape index (κ3) is 2.35. The van der Waals surface area contributed by atoms with Crippen LogP contribution in [0.25, 0.3) is 11.1 Å². The van der Waals surface area contributed by atoms with E-state index in [0.29, 0.717) is 11.7 Å². The molecule has 15 heavy (non-hydrogen) atoms. The minimum absolute atomic E-state index is 0.508. The number of pyridine rings is 1. The van der Waals surface area contributed by atoms with Crippen LogP contribution in [0.2, 0.25) is 5.15 Å². The van der Waals surface area contributed by atoms with E-state index in [0.717, 1.165) is 16.7 Å². The van der Waals surface area contributed by atoms with Crippen molar-refractivity contribution in [3.05, 3.63) is 53.3 Å². The van der Waals surface area contributed by atoms with Crippen LogP contribution in [0.15, 0.2) is 42.6 Å². The van der Waals surface area contributed by atoms with Crippen LogP contribution in [-0.2, 0) is 6.54 Å². The fraction of sp³-hybridized carbons (Fsp3) is 0.0833. The lowest BCUT2D eigenvalue weighted by atomic mass is 10.1. The summed E-state index contributed by atoms with van der Waals surface area (Å²) in [5, 5.41) is 0.508. The predicted octanol–water partition coefficient (Wildman–Crippen LogP) is 2.86. The van der Waals surface area contributed by atoms with Gasteiger partial charge in [-0.25, -0.2) is 4.98 Å². The van der Waals surface area contributed by atoms with Crippen LogP contribution in [0.3, 0.4) is 0 Å². The van der Waals surface area contributed by atoms with Crippen molar-refractivity contribution in [1.82, 2.24) is 4.98 Å².